The highest BCUT2D eigenvalue weighted by atomic mass is 16.4. The van der Waals surface area contributed by atoms with Gasteiger partial charge in [-0.15, -0.1) is 0 Å². The van der Waals surface area contributed by atoms with E-state index in [0.29, 0.717) is 5.69 Å². The van der Waals surface area contributed by atoms with E-state index in [9.17, 15) is 9.59 Å². The van der Waals surface area contributed by atoms with Crippen LogP contribution in [0.5, 0.6) is 0 Å². The number of anilines is 1. The average molecular weight is 274 g/mol. The Morgan fingerprint density at radius 2 is 2.20 bits per heavy atom. The molecule has 0 bridgehead atoms. The molecule has 1 amide bonds. The summed E-state index contributed by atoms with van der Waals surface area (Å²) in [5.41, 5.74) is 1.41. The van der Waals surface area contributed by atoms with Gasteiger partial charge in [-0.1, -0.05) is 18.6 Å². The number of carbonyl (C=O) groups excluding carboxylic acids is 1. The van der Waals surface area contributed by atoms with Gasteiger partial charge in [0, 0.05) is 11.8 Å². The van der Waals surface area contributed by atoms with Crippen LogP contribution in [-0.2, 0) is 9.59 Å². The van der Waals surface area contributed by atoms with Crippen LogP contribution in [0.1, 0.15) is 24.8 Å². The van der Waals surface area contributed by atoms with Gasteiger partial charge in [0.05, 0.1) is 6.04 Å². The van der Waals surface area contributed by atoms with Gasteiger partial charge in [-0.05, 0) is 43.2 Å². The van der Waals surface area contributed by atoms with Crippen molar-refractivity contribution in [3.8, 4) is 0 Å². The molecular formula is C15H18N2O3. The van der Waals surface area contributed by atoms with E-state index in [1.807, 2.05) is 0 Å². The molecule has 0 aromatic heterocycles. The van der Waals surface area contributed by atoms with Gasteiger partial charge >= 0.3 is 5.97 Å². The van der Waals surface area contributed by atoms with Crippen molar-refractivity contribution < 1.29 is 14.7 Å². The Hall–Kier alpha value is -2.14. The van der Waals surface area contributed by atoms with Crippen LogP contribution in [0.3, 0.4) is 0 Å². The molecule has 20 heavy (non-hydrogen) atoms. The van der Waals surface area contributed by atoms with E-state index in [0.717, 1.165) is 37.4 Å². The second-order valence-corrected chi connectivity index (χ2v) is 4.79. The summed E-state index contributed by atoms with van der Waals surface area (Å²) in [6, 6.07) is 6.97. The second kappa shape index (κ2) is 6.86. The zero-order valence-electron chi connectivity index (χ0n) is 11.1. The van der Waals surface area contributed by atoms with Crippen molar-refractivity contribution in [1.29, 1.82) is 0 Å². The van der Waals surface area contributed by atoms with E-state index in [1.165, 1.54) is 6.08 Å². The minimum absolute atomic E-state index is 0.0379. The van der Waals surface area contributed by atoms with Crippen molar-refractivity contribution in [3.05, 3.63) is 35.9 Å². The Balaban J connectivity index is 2.00. The van der Waals surface area contributed by atoms with Crippen LogP contribution in [0.4, 0.5) is 5.69 Å². The van der Waals surface area contributed by atoms with Crippen molar-refractivity contribution in [2.75, 3.05) is 11.9 Å². The first kappa shape index (κ1) is 14.3. The first-order valence-electron chi connectivity index (χ1n) is 6.70. The van der Waals surface area contributed by atoms with Gasteiger partial charge in [0.2, 0.25) is 5.91 Å². The van der Waals surface area contributed by atoms with E-state index >= 15 is 0 Å². The van der Waals surface area contributed by atoms with E-state index in [1.54, 1.807) is 24.3 Å². The Morgan fingerprint density at radius 1 is 1.35 bits per heavy atom. The first-order chi connectivity index (χ1) is 9.65. The van der Waals surface area contributed by atoms with Crippen molar-refractivity contribution in [2.45, 2.75) is 25.3 Å². The predicted octanol–water partition coefficient (Wildman–Crippen LogP) is 1.86. The molecule has 1 aromatic rings. The molecule has 1 aliphatic rings. The SMILES string of the molecule is O=C(O)/C=C/c1cccc(NC(=O)C2CCCCN2)c1. The molecule has 1 saturated heterocycles. The molecular weight excluding hydrogens is 256 g/mol. The molecule has 3 N–H and O–H groups in total. The molecule has 1 unspecified atom stereocenters. The van der Waals surface area contributed by atoms with Crippen LogP contribution in [0.15, 0.2) is 30.3 Å². The van der Waals surface area contributed by atoms with Crippen LogP contribution >= 0.6 is 0 Å². The van der Waals surface area contributed by atoms with Crippen LogP contribution < -0.4 is 10.6 Å². The topological polar surface area (TPSA) is 78.4 Å². The number of benzene rings is 1. The largest absolute Gasteiger partial charge is 0.478 e. The van der Waals surface area contributed by atoms with E-state index in [-0.39, 0.29) is 11.9 Å². The number of rotatable bonds is 4. The summed E-state index contributed by atoms with van der Waals surface area (Å²) in [6.45, 7) is 0.874. The van der Waals surface area contributed by atoms with Crippen molar-refractivity contribution in [1.82, 2.24) is 5.32 Å². The van der Waals surface area contributed by atoms with E-state index < -0.39 is 5.97 Å². The van der Waals surface area contributed by atoms with Crippen molar-refractivity contribution >= 4 is 23.6 Å². The van der Waals surface area contributed by atoms with Crippen LogP contribution in [0, 0.1) is 0 Å². The number of aliphatic carboxylic acids is 1. The Morgan fingerprint density at radius 3 is 2.90 bits per heavy atom. The molecule has 0 radical (unpaired) electrons. The summed E-state index contributed by atoms with van der Waals surface area (Å²) >= 11 is 0. The molecule has 1 aromatic carbocycles. The molecule has 5 heteroatoms. The van der Waals surface area contributed by atoms with Gasteiger partial charge in [-0.2, -0.15) is 0 Å². The van der Waals surface area contributed by atoms with Gasteiger partial charge in [-0.25, -0.2) is 4.79 Å². The summed E-state index contributed by atoms with van der Waals surface area (Å²) in [5.74, 6) is -1.03. The monoisotopic (exact) mass is 274 g/mol. The lowest BCUT2D eigenvalue weighted by molar-refractivity contribution is -0.131. The van der Waals surface area contributed by atoms with Gasteiger partial charge in [-0.3, -0.25) is 4.79 Å². The van der Waals surface area contributed by atoms with Gasteiger partial charge in [0.1, 0.15) is 0 Å². The van der Waals surface area contributed by atoms with E-state index in [2.05, 4.69) is 10.6 Å². The third-order valence-electron chi connectivity index (χ3n) is 3.20. The lowest BCUT2D eigenvalue weighted by Gasteiger charge is -2.22. The number of hydrogen-bond donors (Lipinski definition) is 3. The Bertz CT molecular complexity index is 520. The molecule has 1 fully saturated rings. The summed E-state index contributed by atoms with van der Waals surface area (Å²) in [6.07, 6.45) is 5.59. The maximum atomic E-state index is 12.1. The molecule has 0 saturated carbocycles. The van der Waals surface area contributed by atoms with E-state index in [4.69, 9.17) is 5.11 Å². The molecule has 1 heterocycles. The molecule has 0 aliphatic carbocycles. The highest BCUT2D eigenvalue weighted by Crippen LogP contribution is 2.14. The fraction of sp³-hybridized carbons (Fsp3) is 0.333. The summed E-state index contributed by atoms with van der Waals surface area (Å²) in [7, 11) is 0. The third kappa shape index (κ3) is 4.20. The summed E-state index contributed by atoms with van der Waals surface area (Å²) in [5, 5.41) is 14.6. The maximum Gasteiger partial charge on any atom is 0.328 e. The maximum absolute atomic E-state index is 12.1. The predicted molar refractivity (Wildman–Crippen MR) is 77.4 cm³/mol. The quantitative estimate of drug-likeness (QED) is 0.732. The van der Waals surface area contributed by atoms with Gasteiger partial charge in [0.15, 0.2) is 0 Å². The average Bonchev–Trinajstić information content (AvgIpc) is 2.46. The number of carboxylic acid groups (broad SMARTS) is 1. The lowest BCUT2D eigenvalue weighted by Crippen LogP contribution is -2.43. The second-order valence-electron chi connectivity index (χ2n) is 4.79. The lowest BCUT2D eigenvalue weighted by atomic mass is 10.0. The fourth-order valence-electron chi connectivity index (χ4n) is 2.19. The highest BCUT2D eigenvalue weighted by Gasteiger charge is 2.20. The number of piperidine rings is 1. The van der Waals surface area contributed by atoms with Crippen molar-refractivity contribution in [2.24, 2.45) is 0 Å². The minimum atomic E-state index is -0.995. The Kier molecular flexibility index (Phi) is 4.90. The number of carbonyl (C=O) groups is 2. The number of hydrogen-bond acceptors (Lipinski definition) is 3. The van der Waals surface area contributed by atoms with Crippen LogP contribution in [0.2, 0.25) is 0 Å². The first-order valence-corrected chi connectivity index (χ1v) is 6.70. The number of amides is 1. The van der Waals surface area contributed by atoms with Crippen molar-refractivity contribution in [3.63, 3.8) is 0 Å². The summed E-state index contributed by atoms with van der Waals surface area (Å²) < 4.78 is 0. The highest BCUT2D eigenvalue weighted by molar-refractivity contribution is 5.95. The number of nitrogens with one attached hydrogen (secondary N) is 2. The minimum Gasteiger partial charge on any atom is -0.478 e. The molecule has 5 nitrogen and oxygen atoms in total. The Labute approximate surface area is 117 Å². The van der Waals surface area contributed by atoms with Crippen LogP contribution in [0.25, 0.3) is 6.08 Å². The smallest absolute Gasteiger partial charge is 0.328 e. The molecule has 106 valence electrons. The van der Waals surface area contributed by atoms with Crippen LogP contribution in [-0.4, -0.2) is 29.6 Å². The van der Waals surface area contributed by atoms with Gasteiger partial charge in [0.25, 0.3) is 0 Å². The standard InChI is InChI=1S/C15H18N2O3/c18-14(19)8-7-11-4-3-5-12(10-11)17-15(20)13-6-1-2-9-16-13/h3-5,7-8,10,13,16H,1-2,6,9H2,(H,17,20)(H,18,19)/b8-7+. The number of carboxylic acids is 1. The molecule has 0 spiro atoms. The molecule has 1 aliphatic heterocycles. The van der Waals surface area contributed by atoms with Gasteiger partial charge < -0.3 is 15.7 Å². The zero-order valence-corrected chi connectivity index (χ0v) is 11.1. The zero-order chi connectivity index (χ0) is 14.4. The summed E-state index contributed by atoms with van der Waals surface area (Å²) in [4.78, 5) is 22.5. The molecule has 1 atom stereocenters. The fourth-order valence-corrected chi connectivity index (χ4v) is 2.19. The normalized spacial score (nSPS) is 18.9. The molecule has 2 rings (SSSR count). The third-order valence-corrected chi connectivity index (χ3v) is 3.20.